The molecular weight excluding hydrogens is 563 g/mol. The highest BCUT2D eigenvalue weighted by Gasteiger charge is 2.51. The molecule has 43 heavy (non-hydrogen) atoms. The number of alkyl halides is 2. The van der Waals surface area contributed by atoms with Crippen LogP contribution >= 0.6 is 11.6 Å². The molecule has 0 aromatic heterocycles. The summed E-state index contributed by atoms with van der Waals surface area (Å²) in [5.74, 6) is -7.13. The summed E-state index contributed by atoms with van der Waals surface area (Å²) in [6, 6.07) is -0.826. The maximum absolute atomic E-state index is 16.1. The Hall–Kier alpha value is -2.62. The van der Waals surface area contributed by atoms with Crippen molar-refractivity contribution in [2.24, 2.45) is 0 Å². The Morgan fingerprint density at radius 1 is 0.953 bits per heavy atom. The zero-order chi connectivity index (χ0) is 32.7. The Morgan fingerprint density at radius 2 is 1.49 bits per heavy atom. The highest BCUT2D eigenvalue weighted by Crippen LogP contribution is 2.37. The van der Waals surface area contributed by atoms with E-state index in [0.717, 1.165) is 4.81 Å². The van der Waals surface area contributed by atoms with Crippen molar-refractivity contribution in [2.45, 2.75) is 36.1 Å². The van der Waals surface area contributed by atoms with Crippen LogP contribution in [0.2, 0.25) is 5.02 Å². The highest BCUT2D eigenvalue weighted by atomic mass is 35.5. The maximum Gasteiger partial charge on any atom is 0.347 e. The fourth-order valence-electron chi connectivity index (χ4n) is 7.23. The number of hydrogen-bond donors (Lipinski definition) is 1. The molecule has 4 rings (SSSR count). The third-order valence-electron chi connectivity index (χ3n) is 9.97. The molecule has 1 saturated heterocycles. The van der Waals surface area contributed by atoms with Gasteiger partial charge in [0.25, 0.3) is 11.8 Å². The van der Waals surface area contributed by atoms with Crippen molar-refractivity contribution in [3.05, 3.63) is 27.3 Å². The lowest BCUT2D eigenvalue weighted by Crippen LogP contribution is -2.59. The van der Waals surface area contributed by atoms with Crippen molar-refractivity contribution in [3.63, 3.8) is 0 Å². The topological polar surface area (TPSA) is 86.8 Å². The molecule has 210 valence electrons. The number of benzene rings is 2. The van der Waals surface area contributed by atoms with Crippen LogP contribution < -0.4 is 43.6 Å². The monoisotopic (exact) mass is 593 g/mol. The zero-order valence-corrected chi connectivity index (χ0v) is 27.5. The maximum atomic E-state index is 16.1. The standard InChI is InChI=1S/C22H29B11ClF2N3O4/c23-9-6(17(30)39(33)20(43)21(35,36)8-12(26)14(28)16(34)15(29)13(8)27)11(25)10(24)5-7(9)22(31,32)38(19(5)42)3-1-2-4(40)37-18(3)41/h3,17H,1-2,23-33H2,(H,37,40,41). The van der Waals surface area contributed by atoms with Gasteiger partial charge in [0.2, 0.25) is 19.8 Å². The van der Waals surface area contributed by atoms with Gasteiger partial charge in [0, 0.05) is 33.8 Å². The molecule has 0 bridgehead atoms. The average molecular weight is 592 g/mol. The molecule has 7 nitrogen and oxygen atoms in total. The van der Waals surface area contributed by atoms with Crippen LogP contribution in [0.1, 0.15) is 45.8 Å². The molecule has 2 aliphatic heterocycles. The molecular formula is C22H29B11ClF2N3O4. The molecule has 2 aromatic carbocycles. The molecule has 2 heterocycles. The Balaban J connectivity index is 1.80. The predicted molar refractivity (Wildman–Crippen MR) is 197 cm³/mol. The van der Waals surface area contributed by atoms with E-state index < -0.39 is 35.1 Å². The molecule has 2 aliphatic rings. The van der Waals surface area contributed by atoms with Crippen LogP contribution in [0.4, 0.5) is 8.78 Å². The molecule has 2 atom stereocenters. The molecule has 0 aliphatic carbocycles. The van der Waals surface area contributed by atoms with Crippen LogP contribution in [0.15, 0.2) is 0 Å². The van der Waals surface area contributed by atoms with E-state index in [9.17, 15) is 19.2 Å². The second-order valence-electron chi connectivity index (χ2n) is 12.6. The predicted octanol–water partition coefficient (Wildman–Crippen LogP) is -13.4. The number of rotatable bonds is 5. The van der Waals surface area contributed by atoms with Gasteiger partial charge in [-0.2, -0.15) is 8.78 Å². The molecule has 4 amide bonds. The van der Waals surface area contributed by atoms with Gasteiger partial charge in [0.05, 0.1) is 0 Å². The number of nitrogens with zero attached hydrogens (tertiary/aromatic N) is 2. The van der Waals surface area contributed by atoms with E-state index in [-0.39, 0.29) is 41.1 Å². The van der Waals surface area contributed by atoms with E-state index in [1.54, 1.807) is 47.1 Å². The fourth-order valence-corrected chi connectivity index (χ4v) is 7.51. The number of carbonyl (C=O) groups is 4. The van der Waals surface area contributed by atoms with Gasteiger partial charge in [-0.15, -0.1) is 0 Å². The summed E-state index contributed by atoms with van der Waals surface area (Å²) in [4.78, 5) is 54.8. The third-order valence-corrected chi connectivity index (χ3v) is 10.5. The van der Waals surface area contributed by atoms with Gasteiger partial charge in [-0.1, -0.05) is 49.8 Å². The van der Waals surface area contributed by atoms with E-state index >= 15 is 8.78 Å². The summed E-state index contributed by atoms with van der Waals surface area (Å²) in [5, 5.41) is 1.81. The minimum Gasteiger partial charge on any atom is -0.389 e. The van der Waals surface area contributed by atoms with Crippen molar-refractivity contribution in [2.75, 3.05) is 0 Å². The van der Waals surface area contributed by atoms with Gasteiger partial charge in [-0.3, -0.25) is 24.5 Å². The van der Waals surface area contributed by atoms with Gasteiger partial charge in [-0.05, 0) is 17.5 Å². The van der Waals surface area contributed by atoms with Crippen molar-refractivity contribution in [3.8, 4) is 0 Å². The summed E-state index contributed by atoms with van der Waals surface area (Å²) in [7, 11) is 18.7. The lowest BCUT2D eigenvalue weighted by atomic mass is 9.52. The summed E-state index contributed by atoms with van der Waals surface area (Å²) in [6.45, 7) is 0. The van der Waals surface area contributed by atoms with Gasteiger partial charge in [0.15, 0.2) is 0 Å². The van der Waals surface area contributed by atoms with Crippen molar-refractivity contribution in [1.29, 1.82) is 0 Å². The fraction of sp³-hybridized carbons (Fsp3) is 0.273. The molecule has 2 unspecified atom stereocenters. The number of fused-ring (bicyclic) bond motifs is 1. The molecule has 21 heteroatoms. The van der Waals surface area contributed by atoms with Crippen LogP contribution in [-0.2, 0) is 25.6 Å². The van der Waals surface area contributed by atoms with E-state index in [2.05, 4.69) is 5.32 Å². The zero-order valence-electron chi connectivity index (χ0n) is 26.7. The second kappa shape index (κ2) is 11.1. The number of halogens is 3. The summed E-state index contributed by atoms with van der Waals surface area (Å²) in [5.41, 5.74) is 5.16. The van der Waals surface area contributed by atoms with E-state index in [1.807, 2.05) is 31.4 Å². The van der Waals surface area contributed by atoms with Crippen molar-refractivity contribution >= 4 is 160 Å². The number of hydrogen-bond acceptors (Lipinski definition) is 4. The Bertz CT molecular complexity index is 1620. The minimum atomic E-state index is -3.82. The third kappa shape index (κ3) is 4.86. The van der Waals surface area contributed by atoms with Crippen molar-refractivity contribution < 1.29 is 28.0 Å². The first-order chi connectivity index (χ1) is 19.7. The molecule has 1 fully saturated rings. The number of imide groups is 1. The Morgan fingerprint density at radius 3 is 2.00 bits per heavy atom. The van der Waals surface area contributed by atoms with Gasteiger partial charge < -0.3 is 9.71 Å². The van der Waals surface area contributed by atoms with E-state index in [1.165, 1.54) is 12.9 Å². The lowest BCUT2D eigenvalue weighted by molar-refractivity contribution is -0.154. The summed E-state index contributed by atoms with van der Waals surface area (Å²) < 4.78 is 32.3. The first-order valence-corrected chi connectivity index (χ1v) is 14.8. The quantitative estimate of drug-likeness (QED) is 0.277. The average Bonchev–Trinajstić information content (AvgIpc) is 3.13. The minimum absolute atomic E-state index is 0.124. The summed E-state index contributed by atoms with van der Waals surface area (Å²) >= 11 is 6.38. The van der Waals surface area contributed by atoms with Gasteiger partial charge in [-0.25, -0.2) is 0 Å². The number of piperidine rings is 1. The Kier molecular flexibility index (Phi) is 8.57. The van der Waals surface area contributed by atoms with E-state index in [4.69, 9.17) is 11.6 Å². The first-order valence-electron chi connectivity index (χ1n) is 14.4. The van der Waals surface area contributed by atoms with Crippen LogP contribution in [0.3, 0.4) is 0 Å². The van der Waals surface area contributed by atoms with Gasteiger partial charge in [0.1, 0.15) is 84.5 Å². The smallest absolute Gasteiger partial charge is 0.347 e. The van der Waals surface area contributed by atoms with Crippen LogP contribution in [0.5, 0.6) is 0 Å². The second-order valence-corrected chi connectivity index (χ2v) is 13.0. The molecule has 0 saturated carbocycles. The number of nitrogens with one attached hydrogen (secondary N) is 1. The van der Waals surface area contributed by atoms with Crippen LogP contribution in [0, 0.1) is 0 Å². The normalized spacial score (nSPS) is 18.7. The van der Waals surface area contributed by atoms with E-state index in [0.29, 0.717) is 49.0 Å². The summed E-state index contributed by atoms with van der Waals surface area (Å²) in [6.07, 6.45) is 0.335. The number of amides is 4. The number of carbonyl (C=O) groups excluding carboxylic acids is 4. The van der Waals surface area contributed by atoms with Crippen LogP contribution in [-0.4, -0.2) is 126 Å². The Labute approximate surface area is 265 Å². The molecule has 0 spiro atoms. The van der Waals surface area contributed by atoms with Gasteiger partial charge >= 0.3 is 5.92 Å². The van der Waals surface area contributed by atoms with Crippen LogP contribution in [0.25, 0.3) is 0 Å². The lowest BCUT2D eigenvalue weighted by Gasteiger charge is -2.41. The molecule has 2 aromatic rings. The first kappa shape index (κ1) is 33.3. The SMILES string of the molecule is Bc1c(B)c(C(F)(F)C(=O)N(B)C(B)c2c(B)c(B)c3c(c2B)C(B)(B)N(C2CCC(=O)NC2=O)C3=O)c(B)c(B)c1Cl. The highest BCUT2D eigenvalue weighted by molar-refractivity contribution is 6.64. The van der Waals surface area contributed by atoms with Crippen molar-refractivity contribution in [1.82, 2.24) is 15.0 Å². The molecule has 0 radical (unpaired) electrons. The largest absolute Gasteiger partial charge is 0.389 e. The molecule has 1 N–H and O–H groups in total.